The average molecular weight is 247 g/mol. The van der Waals surface area contributed by atoms with Crippen molar-refractivity contribution in [2.45, 2.75) is 25.3 Å². The summed E-state index contributed by atoms with van der Waals surface area (Å²) in [6.45, 7) is 1.93. The topological polar surface area (TPSA) is 43.8 Å². The molecule has 1 aromatic heterocycles. The van der Waals surface area contributed by atoms with Gasteiger partial charge in [0.05, 0.1) is 6.20 Å². The fourth-order valence-electron chi connectivity index (χ4n) is 1.99. The van der Waals surface area contributed by atoms with Crippen molar-refractivity contribution in [2.24, 2.45) is 12.8 Å². The van der Waals surface area contributed by atoms with Crippen molar-refractivity contribution in [1.29, 1.82) is 0 Å². The van der Waals surface area contributed by atoms with Crippen LogP contribution < -0.4 is 5.73 Å². The molecule has 4 heteroatoms. The first-order chi connectivity index (χ1) is 8.47. The lowest BCUT2D eigenvalue weighted by molar-refractivity contribution is 0.449. The van der Waals surface area contributed by atoms with E-state index in [0.29, 0.717) is 0 Å². The van der Waals surface area contributed by atoms with Gasteiger partial charge in [0.25, 0.3) is 0 Å². The second-order valence-electron chi connectivity index (χ2n) is 4.95. The molecule has 0 amide bonds. The summed E-state index contributed by atoms with van der Waals surface area (Å²) in [5, 5.41) is 4.12. The van der Waals surface area contributed by atoms with E-state index in [9.17, 15) is 4.39 Å². The Hall–Kier alpha value is -1.68. The van der Waals surface area contributed by atoms with Gasteiger partial charge in [0.2, 0.25) is 0 Å². The van der Waals surface area contributed by atoms with E-state index in [0.717, 1.165) is 24.0 Å². The summed E-state index contributed by atoms with van der Waals surface area (Å²) in [7, 11) is 1.89. The van der Waals surface area contributed by atoms with Crippen LogP contribution in [0.4, 0.5) is 4.39 Å². The lowest BCUT2D eigenvalue weighted by Gasteiger charge is -2.25. The Kier molecular flexibility index (Phi) is 3.48. The Morgan fingerprint density at radius 3 is 2.83 bits per heavy atom. The molecule has 1 atom stereocenters. The average Bonchev–Trinajstić information content (AvgIpc) is 2.73. The summed E-state index contributed by atoms with van der Waals surface area (Å²) in [5.41, 5.74) is 7.71. The van der Waals surface area contributed by atoms with E-state index in [-0.39, 0.29) is 5.82 Å². The largest absolute Gasteiger partial charge is 0.322 e. The maximum atomic E-state index is 13.2. The quantitative estimate of drug-likeness (QED) is 0.901. The Bertz CT molecular complexity index is 531. The Morgan fingerprint density at radius 1 is 1.44 bits per heavy atom. The van der Waals surface area contributed by atoms with Crippen molar-refractivity contribution < 1.29 is 4.39 Å². The van der Waals surface area contributed by atoms with Crippen molar-refractivity contribution in [3.05, 3.63) is 53.6 Å². The number of hydrogen-bond acceptors (Lipinski definition) is 2. The highest BCUT2D eigenvalue weighted by molar-refractivity contribution is 5.24. The monoisotopic (exact) mass is 247 g/mol. The smallest absolute Gasteiger partial charge is 0.123 e. The highest BCUT2D eigenvalue weighted by atomic mass is 19.1. The molecule has 0 fully saturated rings. The van der Waals surface area contributed by atoms with Gasteiger partial charge >= 0.3 is 0 Å². The van der Waals surface area contributed by atoms with Gasteiger partial charge in [0.1, 0.15) is 5.82 Å². The maximum Gasteiger partial charge on any atom is 0.123 e. The normalized spacial score (nSPS) is 14.4. The molecule has 3 nitrogen and oxygen atoms in total. The van der Waals surface area contributed by atoms with Gasteiger partial charge in [-0.05, 0) is 43.0 Å². The number of rotatable bonds is 4. The molecule has 0 aliphatic heterocycles. The standard InChI is InChI=1S/C14H18FN3/c1-14(16,12-4-3-5-13(15)8-12)7-6-11-9-17-18(2)10-11/h3-5,8-10H,6-7,16H2,1-2H3. The molecule has 0 aliphatic rings. The zero-order valence-electron chi connectivity index (χ0n) is 10.7. The van der Waals surface area contributed by atoms with Gasteiger partial charge in [-0.15, -0.1) is 0 Å². The minimum atomic E-state index is -0.530. The molecule has 0 spiro atoms. The van der Waals surface area contributed by atoms with Crippen LogP contribution in [0.25, 0.3) is 0 Å². The minimum absolute atomic E-state index is 0.245. The molecular formula is C14H18FN3. The van der Waals surface area contributed by atoms with E-state index in [2.05, 4.69) is 5.10 Å². The van der Waals surface area contributed by atoms with Gasteiger partial charge in [0.15, 0.2) is 0 Å². The van der Waals surface area contributed by atoms with E-state index in [4.69, 9.17) is 5.73 Å². The van der Waals surface area contributed by atoms with Crippen molar-refractivity contribution >= 4 is 0 Å². The highest BCUT2D eigenvalue weighted by Crippen LogP contribution is 2.24. The predicted octanol–water partition coefficient (Wildman–Crippen LogP) is 2.37. The molecule has 2 aromatic rings. The first kappa shape index (κ1) is 12.8. The van der Waals surface area contributed by atoms with E-state index < -0.39 is 5.54 Å². The summed E-state index contributed by atoms with van der Waals surface area (Å²) in [4.78, 5) is 0. The molecule has 0 bridgehead atoms. The van der Waals surface area contributed by atoms with E-state index in [1.807, 2.05) is 32.4 Å². The second-order valence-corrected chi connectivity index (χ2v) is 4.95. The summed E-state index contributed by atoms with van der Waals surface area (Å²) >= 11 is 0. The SMILES string of the molecule is Cn1cc(CCC(C)(N)c2cccc(F)c2)cn1. The molecular weight excluding hydrogens is 229 g/mol. The molecule has 2 rings (SSSR count). The van der Waals surface area contributed by atoms with Crippen LogP contribution >= 0.6 is 0 Å². The second kappa shape index (κ2) is 4.90. The first-order valence-electron chi connectivity index (χ1n) is 6.00. The van der Waals surface area contributed by atoms with Gasteiger partial charge in [-0.25, -0.2) is 4.39 Å². The third-order valence-corrected chi connectivity index (χ3v) is 3.18. The molecule has 0 saturated carbocycles. The van der Waals surface area contributed by atoms with Crippen molar-refractivity contribution in [1.82, 2.24) is 9.78 Å². The fourth-order valence-corrected chi connectivity index (χ4v) is 1.99. The number of halogens is 1. The van der Waals surface area contributed by atoms with Crippen LogP contribution in [-0.4, -0.2) is 9.78 Å². The van der Waals surface area contributed by atoms with E-state index >= 15 is 0 Å². The molecule has 0 aliphatic carbocycles. The summed E-state index contributed by atoms with van der Waals surface area (Å²) < 4.78 is 15.0. The van der Waals surface area contributed by atoms with Crippen LogP contribution in [0.1, 0.15) is 24.5 Å². The number of aromatic nitrogens is 2. The number of nitrogens with two attached hydrogens (primary N) is 1. The van der Waals surface area contributed by atoms with Gasteiger partial charge < -0.3 is 5.73 Å². The molecule has 1 unspecified atom stereocenters. The van der Waals surface area contributed by atoms with E-state index in [1.165, 1.54) is 12.1 Å². The van der Waals surface area contributed by atoms with Crippen LogP contribution in [0.2, 0.25) is 0 Å². The van der Waals surface area contributed by atoms with Gasteiger partial charge in [-0.3, -0.25) is 4.68 Å². The minimum Gasteiger partial charge on any atom is -0.322 e. The summed E-state index contributed by atoms with van der Waals surface area (Å²) in [6, 6.07) is 6.50. The predicted molar refractivity (Wildman–Crippen MR) is 69.5 cm³/mol. The molecule has 0 saturated heterocycles. The molecule has 2 N–H and O–H groups in total. The van der Waals surface area contributed by atoms with Crippen LogP contribution in [0.15, 0.2) is 36.7 Å². The van der Waals surface area contributed by atoms with Gasteiger partial charge in [0, 0.05) is 18.8 Å². The van der Waals surface area contributed by atoms with Crippen LogP contribution in [0.3, 0.4) is 0 Å². The number of benzene rings is 1. The number of nitrogens with zero attached hydrogens (tertiary/aromatic N) is 2. The molecule has 18 heavy (non-hydrogen) atoms. The van der Waals surface area contributed by atoms with Crippen LogP contribution in [0.5, 0.6) is 0 Å². The fraction of sp³-hybridized carbons (Fsp3) is 0.357. The molecule has 1 aromatic carbocycles. The zero-order valence-corrected chi connectivity index (χ0v) is 10.7. The maximum absolute atomic E-state index is 13.2. The molecule has 1 heterocycles. The number of hydrogen-bond donors (Lipinski definition) is 1. The summed E-state index contributed by atoms with van der Waals surface area (Å²) in [5.74, 6) is -0.245. The Balaban J connectivity index is 2.07. The van der Waals surface area contributed by atoms with E-state index in [1.54, 1.807) is 10.7 Å². The van der Waals surface area contributed by atoms with Crippen LogP contribution in [0, 0.1) is 5.82 Å². The van der Waals surface area contributed by atoms with Crippen LogP contribution in [-0.2, 0) is 19.0 Å². The van der Waals surface area contributed by atoms with Gasteiger partial charge in [-0.2, -0.15) is 5.10 Å². The Labute approximate surface area is 106 Å². The zero-order chi connectivity index (χ0) is 13.2. The highest BCUT2D eigenvalue weighted by Gasteiger charge is 2.21. The summed E-state index contributed by atoms with van der Waals surface area (Å²) in [6.07, 6.45) is 5.39. The lowest BCUT2D eigenvalue weighted by Crippen LogP contribution is -2.33. The van der Waals surface area contributed by atoms with Crippen molar-refractivity contribution in [2.75, 3.05) is 0 Å². The first-order valence-corrected chi connectivity index (χ1v) is 6.00. The third-order valence-electron chi connectivity index (χ3n) is 3.18. The lowest BCUT2D eigenvalue weighted by atomic mass is 9.87. The molecule has 0 radical (unpaired) electrons. The van der Waals surface area contributed by atoms with Crippen molar-refractivity contribution in [3.8, 4) is 0 Å². The number of aryl methyl sites for hydroxylation is 2. The third kappa shape index (κ3) is 2.96. The molecule has 96 valence electrons. The van der Waals surface area contributed by atoms with Gasteiger partial charge in [-0.1, -0.05) is 12.1 Å². The Morgan fingerprint density at radius 2 is 2.22 bits per heavy atom. The van der Waals surface area contributed by atoms with Crippen molar-refractivity contribution in [3.63, 3.8) is 0 Å².